The first-order valence-corrected chi connectivity index (χ1v) is 18.9. The van der Waals surface area contributed by atoms with Gasteiger partial charge in [-0.05, 0) is 58.7 Å². The third kappa shape index (κ3) is 4.44. The average Bonchev–Trinajstić information content (AvgIpc) is 3.84. The van der Waals surface area contributed by atoms with Gasteiger partial charge in [0.15, 0.2) is 17.5 Å². The first-order chi connectivity index (χ1) is 26.0. The summed E-state index contributed by atoms with van der Waals surface area (Å²) in [5, 5.41) is 4.82. The number of nitrogens with zero attached hydrogens (tertiary/aromatic N) is 4. The van der Waals surface area contributed by atoms with Crippen molar-refractivity contribution in [1.82, 2.24) is 19.5 Å². The molecule has 53 heavy (non-hydrogen) atoms. The van der Waals surface area contributed by atoms with Gasteiger partial charge in [-0.2, -0.15) is 0 Å². The van der Waals surface area contributed by atoms with Gasteiger partial charge in [-0.3, -0.25) is 0 Å². The fourth-order valence-electron chi connectivity index (χ4n) is 8.57. The Morgan fingerprint density at radius 1 is 0.472 bits per heavy atom. The fraction of sp³-hybridized carbons (Fsp3) is 0.0625. The lowest BCUT2D eigenvalue weighted by Crippen LogP contribution is -2.14. The largest absolute Gasteiger partial charge is 0.308 e. The Bertz CT molecular complexity index is 3100. The van der Waals surface area contributed by atoms with Crippen molar-refractivity contribution in [3.8, 4) is 51.0 Å². The SMILES string of the molecule is CC1(C)c2ccccc2-c2cc(-n3c4ccccc4c4cccc(-c5nc(-c6ccccc6)nc(-c6cccc7c6sc6ccccc67)n5)c43)ccc21. The second-order valence-corrected chi connectivity index (χ2v) is 15.5. The molecule has 0 saturated heterocycles. The summed E-state index contributed by atoms with van der Waals surface area (Å²) in [6.45, 7) is 4.66. The number of fused-ring (bicyclic) bond motifs is 9. The van der Waals surface area contributed by atoms with E-state index in [-0.39, 0.29) is 5.41 Å². The van der Waals surface area contributed by atoms with E-state index < -0.39 is 0 Å². The van der Waals surface area contributed by atoms with Gasteiger partial charge < -0.3 is 4.57 Å². The lowest BCUT2D eigenvalue weighted by molar-refractivity contribution is 0.660. The lowest BCUT2D eigenvalue weighted by Gasteiger charge is -2.21. The van der Waals surface area contributed by atoms with Gasteiger partial charge in [0.25, 0.3) is 0 Å². The topological polar surface area (TPSA) is 43.6 Å². The van der Waals surface area contributed by atoms with Gasteiger partial charge in [-0.25, -0.2) is 15.0 Å². The molecule has 0 unspecified atom stereocenters. The molecule has 0 saturated carbocycles. The number of aromatic nitrogens is 4. The number of hydrogen-bond acceptors (Lipinski definition) is 4. The molecule has 0 N–H and O–H groups in total. The van der Waals surface area contributed by atoms with Crippen LogP contribution in [0.2, 0.25) is 0 Å². The van der Waals surface area contributed by atoms with E-state index >= 15 is 0 Å². The quantitative estimate of drug-likeness (QED) is 0.184. The second kappa shape index (κ2) is 11.3. The smallest absolute Gasteiger partial charge is 0.166 e. The van der Waals surface area contributed by atoms with Gasteiger partial charge in [0.1, 0.15) is 0 Å². The summed E-state index contributed by atoms with van der Waals surface area (Å²) in [4.78, 5) is 15.8. The number of hydrogen-bond donors (Lipinski definition) is 0. The highest BCUT2D eigenvalue weighted by Gasteiger charge is 2.35. The van der Waals surface area contributed by atoms with Crippen molar-refractivity contribution >= 4 is 53.3 Å². The maximum absolute atomic E-state index is 5.35. The van der Waals surface area contributed by atoms with Crippen LogP contribution in [0.4, 0.5) is 0 Å². The van der Waals surface area contributed by atoms with Gasteiger partial charge in [-0.1, -0.05) is 135 Å². The predicted octanol–water partition coefficient (Wildman–Crippen LogP) is 12.6. The highest BCUT2D eigenvalue weighted by molar-refractivity contribution is 7.26. The Balaban J connectivity index is 1.20. The van der Waals surface area contributed by atoms with Gasteiger partial charge >= 0.3 is 0 Å². The molecule has 10 aromatic rings. The maximum Gasteiger partial charge on any atom is 0.166 e. The molecule has 0 aliphatic heterocycles. The molecule has 0 bridgehead atoms. The van der Waals surface area contributed by atoms with Crippen molar-refractivity contribution in [2.24, 2.45) is 0 Å². The highest BCUT2D eigenvalue weighted by atomic mass is 32.1. The lowest BCUT2D eigenvalue weighted by atomic mass is 9.82. The molecule has 5 heteroatoms. The van der Waals surface area contributed by atoms with Crippen molar-refractivity contribution in [2.45, 2.75) is 19.3 Å². The maximum atomic E-state index is 5.35. The van der Waals surface area contributed by atoms with Crippen molar-refractivity contribution < 1.29 is 0 Å². The van der Waals surface area contributed by atoms with E-state index in [2.05, 4.69) is 158 Å². The summed E-state index contributed by atoms with van der Waals surface area (Å²) in [5.41, 5.74) is 11.5. The molecule has 0 spiro atoms. The van der Waals surface area contributed by atoms with E-state index in [4.69, 9.17) is 15.0 Å². The fourth-order valence-corrected chi connectivity index (χ4v) is 9.78. The van der Waals surface area contributed by atoms with Crippen LogP contribution >= 0.6 is 11.3 Å². The van der Waals surface area contributed by atoms with E-state index in [0.29, 0.717) is 17.5 Å². The molecule has 0 fully saturated rings. The third-order valence-corrected chi connectivity index (χ3v) is 12.3. The first-order valence-electron chi connectivity index (χ1n) is 18.0. The molecule has 3 aromatic heterocycles. The summed E-state index contributed by atoms with van der Waals surface area (Å²) >= 11 is 1.79. The zero-order valence-electron chi connectivity index (χ0n) is 29.2. The number of rotatable bonds is 4. The van der Waals surface area contributed by atoms with Crippen molar-refractivity contribution in [3.05, 3.63) is 169 Å². The average molecular weight is 697 g/mol. The van der Waals surface area contributed by atoms with Crippen LogP contribution in [0, 0.1) is 0 Å². The normalized spacial score (nSPS) is 13.2. The van der Waals surface area contributed by atoms with E-state index in [1.165, 1.54) is 47.8 Å². The minimum atomic E-state index is -0.0666. The summed E-state index contributed by atoms with van der Waals surface area (Å²) in [5.74, 6) is 1.97. The molecular weight excluding hydrogens is 665 g/mol. The van der Waals surface area contributed by atoms with Gasteiger partial charge in [0, 0.05) is 58.7 Å². The highest BCUT2D eigenvalue weighted by Crippen LogP contribution is 2.50. The number of benzene rings is 7. The molecule has 1 aliphatic carbocycles. The Kier molecular flexibility index (Phi) is 6.43. The van der Waals surface area contributed by atoms with Gasteiger partial charge in [0.2, 0.25) is 0 Å². The summed E-state index contributed by atoms with van der Waals surface area (Å²) in [6, 6.07) is 56.4. The zero-order chi connectivity index (χ0) is 35.3. The van der Waals surface area contributed by atoms with Crippen LogP contribution in [0.5, 0.6) is 0 Å². The molecule has 250 valence electrons. The molecular formula is C48H32N4S. The minimum Gasteiger partial charge on any atom is -0.308 e. The van der Waals surface area contributed by atoms with Crippen LogP contribution in [0.1, 0.15) is 25.0 Å². The molecule has 11 rings (SSSR count). The van der Waals surface area contributed by atoms with Crippen molar-refractivity contribution in [1.29, 1.82) is 0 Å². The van der Waals surface area contributed by atoms with Crippen molar-refractivity contribution in [2.75, 3.05) is 0 Å². The Morgan fingerprint density at radius 3 is 1.96 bits per heavy atom. The Morgan fingerprint density at radius 2 is 1.09 bits per heavy atom. The van der Waals surface area contributed by atoms with E-state index in [9.17, 15) is 0 Å². The number of thiophene rings is 1. The molecule has 0 amide bonds. The van der Waals surface area contributed by atoms with Crippen LogP contribution in [-0.4, -0.2) is 19.5 Å². The molecule has 0 atom stereocenters. The summed E-state index contributed by atoms with van der Waals surface area (Å²) in [7, 11) is 0. The Hall–Kier alpha value is -6.43. The predicted molar refractivity (Wildman–Crippen MR) is 221 cm³/mol. The van der Waals surface area contributed by atoms with E-state index in [0.717, 1.165) is 38.8 Å². The molecule has 0 radical (unpaired) electrons. The van der Waals surface area contributed by atoms with E-state index in [1.807, 2.05) is 18.2 Å². The molecule has 4 nitrogen and oxygen atoms in total. The van der Waals surface area contributed by atoms with Crippen LogP contribution in [0.3, 0.4) is 0 Å². The van der Waals surface area contributed by atoms with E-state index in [1.54, 1.807) is 11.3 Å². The summed E-state index contributed by atoms with van der Waals surface area (Å²) < 4.78 is 4.84. The van der Waals surface area contributed by atoms with Crippen LogP contribution < -0.4 is 0 Å². The second-order valence-electron chi connectivity index (χ2n) is 14.4. The Labute approximate surface area is 310 Å². The number of para-hydroxylation sites is 2. The van der Waals surface area contributed by atoms with Crippen LogP contribution in [0.25, 0.3) is 93.0 Å². The van der Waals surface area contributed by atoms with Crippen LogP contribution in [-0.2, 0) is 5.41 Å². The zero-order valence-corrected chi connectivity index (χ0v) is 30.0. The van der Waals surface area contributed by atoms with Crippen molar-refractivity contribution in [3.63, 3.8) is 0 Å². The minimum absolute atomic E-state index is 0.0666. The molecule has 1 aliphatic rings. The van der Waals surface area contributed by atoms with Crippen LogP contribution in [0.15, 0.2) is 158 Å². The monoisotopic (exact) mass is 696 g/mol. The first kappa shape index (κ1) is 30.2. The molecule has 7 aromatic carbocycles. The standard InChI is InChI=1S/C48H32N4S/c1-48(2)39-23-9-6-16-31(39)38-28-30(26-27-40(38)48)52-41-24-10-7-17-32(41)34-19-12-21-36(43(34)52)46-49-45(29-14-4-3-5-15-29)50-47(51-46)37-22-13-20-35-33-18-8-11-25-42(33)53-44(35)37/h3-28H,1-2H3. The van der Waals surface area contributed by atoms with Gasteiger partial charge in [0.05, 0.1) is 11.0 Å². The van der Waals surface area contributed by atoms with Gasteiger partial charge in [-0.15, -0.1) is 11.3 Å². The molecule has 3 heterocycles. The third-order valence-electron chi connectivity index (χ3n) is 11.1. The summed E-state index contributed by atoms with van der Waals surface area (Å²) in [6.07, 6.45) is 0.